The number of aliphatic hydroxyl groups is 1. The molecule has 0 unspecified atom stereocenters. The molecule has 45 heteroatoms. The summed E-state index contributed by atoms with van der Waals surface area (Å²) in [6.07, 6.45) is -1.63. The van der Waals surface area contributed by atoms with Crippen LogP contribution in [-0.2, 0) is 54.4 Å². The number of carbonyl (C=O) groups is 13. The minimum absolute atomic E-state index is 0.0129. The summed E-state index contributed by atoms with van der Waals surface area (Å²) >= 11 is 0. The van der Waals surface area contributed by atoms with Gasteiger partial charge in [-0.15, -0.1) is 0 Å². The number of hydrogen-bond acceptors (Lipinski definition) is 29. The molecule has 4 aliphatic rings. The fourth-order valence-corrected chi connectivity index (χ4v) is 15.1. The van der Waals surface area contributed by atoms with Crippen LogP contribution in [0.3, 0.4) is 0 Å². The van der Waals surface area contributed by atoms with Gasteiger partial charge in [0, 0.05) is 73.2 Å². The van der Waals surface area contributed by atoms with Crippen molar-refractivity contribution in [2.24, 2.45) is 10.7 Å². The van der Waals surface area contributed by atoms with Gasteiger partial charge in [0.1, 0.15) is 36.8 Å². The molecule has 9 amide bonds. The second-order valence-electron chi connectivity index (χ2n) is 28.3. The number of aromatic amines is 1. The zero-order valence-corrected chi connectivity index (χ0v) is 67.5. The first kappa shape index (κ1) is 91.6. The number of hydrogen-bond donors (Lipinski definition) is 17. The van der Waals surface area contributed by atoms with Crippen molar-refractivity contribution in [3.63, 3.8) is 0 Å². The molecule has 2 saturated heterocycles. The van der Waals surface area contributed by atoms with Gasteiger partial charge in [0.05, 0.1) is 99.7 Å². The van der Waals surface area contributed by atoms with Crippen LogP contribution in [0.4, 0.5) is 27.8 Å². The van der Waals surface area contributed by atoms with E-state index in [-0.39, 0.29) is 128 Å². The molecular weight excluding hydrogens is 1630 g/mol. The summed E-state index contributed by atoms with van der Waals surface area (Å²) in [7, 11) is 4.63. The van der Waals surface area contributed by atoms with Crippen molar-refractivity contribution >= 4 is 145 Å². The van der Waals surface area contributed by atoms with Crippen molar-refractivity contribution < 1.29 is 112 Å². The first-order valence-corrected chi connectivity index (χ1v) is 40.4. The maximum atomic E-state index is 14.2. The number of aromatic nitrogens is 4. The van der Waals surface area contributed by atoms with E-state index in [4.69, 9.17) is 40.6 Å². The van der Waals surface area contributed by atoms with E-state index in [0.717, 1.165) is 32.1 Å². The molecule has 9 atom stereocenters. The predicted molar refractivity (Wildman–Crippen MR) is 436 cm³/mol. The third kappa shape index (κ3) is 25.4. The standard InChI is InChI=1S/C76H93N19O24S2/c1-37-22-43-33-82-47-26-56(54(115-4)24-44(47)70(109)93(43)34-37)117-18-7-6-8-19-118-57-30-52-45(25-55(57)116-5)71(110)94-35-38(2)23-53(94)72(111)95(52)76(114)119-20-21-120-121-36-51(73(112)113)90-68(107)50(29-61(101)102)89-67(106)49(28-60(99)100)88-65(104)46(10-9-17-80-74(77)78)87-66(105)48(27-59(97)98)86-58(96)16-11-39(3)84-64(103)40-12-14-41(15-13-40)81-31-42-32-83-63-62(85-42)69(108)92-75(79)91-63/h12-15,24-26,30,32-33,39,43,46,48-51,53,72,81,111H,1-2,6-11,16-23,27-29,31,34-36H2,3-5H3,(H,84,103)(H,86,96)(H,87,105)(H,88,104)(H,89,106)(H,90,107)(H,97,98)(H,99,100)(H,101,102)(H,112,113)(H4,77,78,80)(H3,79,83,91,92,108)/t39-,43+,46+,48+,49+,50+,51+,53+,72+/m1/s1. The predicted octanol–water partition coefficient (Wildman–Crippen LogP) is 1.26. The zero-order valence-electron chi connectivity index (χ0n) is 65.8. The number of rotatable bonds is 44. The number of carboxylic acids is 4. The number of benzene rings is 3. The number of carbonyl (C=O) groups excluding carboxylic acids is 9. The van der Waals surface area contributed by atoms with E-state index in [9.17, 15) is 92.7 Å². The van der Waals surface area contributed by atoms with Gasteiger partial charge in [-0.3, -0.25) is 72.9 Å². The number of ether oxygens (including phenoxy) is 5. The van der Waals surface area contributed by atoms with Crippen LogP contribution in [0.2, 0.25) is 0 Å². The first-order valence-electron chi connectivity index (χ1n) is 37.9. The maximum absolute atomic E-state index is 14.2. The van der Waals surface area contributed by atoms with Crippen LogP contribution in [-0.4, -0.2) is 264 Å². The van der Waals surface area contributed by atoms with Crippen LogP contribution in [0.5, 0.6) is 23.0 Å². The van der Waals surface area contributed by atoms with E-state index >= 15 is 0 Å². The molecule has 3 aromatic carbocycles. The molecule has 19 N–H and O–H groups in total. The zero-order chi connectivity index (χ0) is 87.9. The molecule has 4 aliphatic heterocycles. The second kappa shape index (κ2) is 42.9. The number of nitrogens with one attached hydrogen (secondary N) is 10. The van der Waals surface area contributed by atoms with Gasteiger partial charge in [-0.05, 0) is 94.7 Å². The first-order chi connectivity index (χ1) is 57.7. The lowest BCUT2D eigenvalue weighted by molar-refractivity contribution is -0.144. The fourth-order valence-electron chi connectivity index (χ4n) is 13.1. The van der Waals surface area contributed by atoms with Crippen LogP contribution in [0, 0.1) is 5.41 Å². The number of aliphatic imine (C=N–C) groups is 1. The Labute approximate surface area is 697 Å². The highest BCUT2D eigenvalue weighted by Gasteiger charge is 2.47. The van der Waals surface area contributed by atoms with Crippen molar-refractivity contribution in [1.82, 2.24) is 67.0 Å². The summed E-state index contributed by atoms with van der Waals surface area (Å²) < 4.78 is 29.2. The van der Waals surface area contributed by atoms with E-state index in [2.05, 4.69) is 75.3 Å². The number of aliphatic hydroxyl groups excluding tert-OH is 1. The molecule has 9 rings (SSSR count). The largest absolute Gasteiger partial charge is 0.493 e. The molecule has 0 bridgehead atoms. The monoisotopic (exact) mass is 1720 g/mol. The number of fused-ring (bicyclic) bond motifs is 5. The summed E-state index contributed by atoms with van der Waals surface area (Å²) in [6, 6.07) is 0.667. The number of aliphatic carboxylic acids is 4. The molecule has 0 aliphatic carbocycles. The fraction of sp³-hybridized carbons (Fsp3) is 0.434. The Kier molecular flexibility index (Phi) is 32.4. The number of H-pyrrole nitrogens is 1. The number of unbranched alkanes of at least 4 members (excludes halogenated alkanes) is 2. The number of nitrogen functional groups attached to an aromatic ring is 1. The summed E-state index contributed by atoms with van der Waals surface area (Å²) in [5, 5.41) is 78.4. The minimum atomic E-state index is -2.17. The lowest BCUT2D eigenvalue weighted by atomic mass is 10.1. The number of amides is 9. The van der Waals surface area contributed by atoms with E-state index in [1.165, 1.54) is 49.6 Å². The Bertz CT molecular complexity index is 4900. The molecule has 0 spiro atoms. The minimum Gasteiger partial charge on any atom is -0.493 e. The summed E-state index contributed by atoms with van der Waals surface area (Å²) in [6.45, 7) is 10.1. The number of methoxy groups -OCH3 is 2. The lowest BCUT2D eigenvalue weighted by Crippen LogP contribution is -2.59. The maximum Gasteiger partial charge on any atom is 0.416 e. The highest BCUT2D eigenvalue weighted by Crippen LogP contribution is 2.43. The van der Waals surface area contributed by atoms with Crippen molar-refractivity contribution in [2.75, 3.05) is 81.1 Å². The number of nitrogens with two attached hydrogens (primary N) is 2. The topological polar surface area (TPSA) is 635 Å². The Hall–Kier alpha value is -13.3. The highest BCUT2D eigenvalue weighted by molar-refractivity contribution is 8.76. The van der Waals surface area contributed by atoms with Crippen LogP contribution >= 0.6 is 21.6 Å². The average Bonchev–Trinajstić information content (AvgIpc) is 1.61. The quantitative estimate of drug-likeness (QED) is 0.00858. The van der Waals surface area contributed by atoms with E-state index in [1.54, 1.807) is 42.3 Å². The van der Waals surface area contributed by atoms with E-state index < -0.39 is 163 Å². The number of carboxylic acid groups (broad SMARTS) is 4. The summed E-state index contributed by atoms with van der Waals surface area (Å²) in [5.74, 6) is -14.4. The van der Waals surface area contributed by atoms with Crippen molar-refractivity contribution in [2.45, 2.75) is 145 Å². The molecule has 2 aromatic heterocycles. The second-order valence-corrected chi connectivity index (χ2v) is 30.9. The Morgan fingerprint density at radius 3 is 1.88 bits per heavy atom. The smallest absolute Gasteiger partial charge is 0.416 e. The molecule has 5 aromatic rings. The molecular formula is C76H93N19O24S2. The number of guanidine groups is 1. The summed E-state index contributed by atoms with van der Waals surface area (Å²) in [4.78, 5) is 209. The van der Waals surface area contributed by atoms with Crippen molar-refractivity contribution in [3.8, 4) is 23.0 Å². The molecule has 648 valence electrons. The summed E-state index contributed by atoms with van der Waals surface area (Å²) in [5.41, 5.74) is 13.9. The molecule has 6 heterocycles. The Morgan fingerprint density at radius 1 is 0.678 bits per heavy atom. The van der Waals surface area contributed by atoms with Crippen molar-refractivity contribution in [3.05, 3.63) is 112 Å². The SMILES string of the molecule is C=C1C[C@H]2C=Nc3cc(OCCCCCOc4cc5c(cc4OC)C(=O)N4CC(=C)C[C@H]4[C@H](O)N5C(=O)OCCSSC[C@H](NC(=O)[C@H](CC(=O)O)NC(=O)[C@H](CC(=O)O)NC(=O)[C@H](CCCNC(=N)N)NC(=O)[C@H](CC(=O)O)NC(=O)CC[C@@H](C)NC(=O)c4ccc(NCc5cnc6nc(N)[nH]c(=O)c6n5)cc4)C(=O)O)c(OC)cc3C(=O)N2C1. The van der Waals surface area contributed by atoms with Gasteiger partial charge >= 0.3 is 30.0 Å². The lowest BCUT2D eigenvalue weighted by Gasteiger charge is -2.31. The Balaban J connectivity index is 0.752. The van der Waals surface area contributed by atoms with Crippen molar-refractivity contribution in [1.29, 1.82) is 5.41 Å². The van der Waals surface area contributed by atoms with Gasteiger partial charge in [-0.2, -0.15) is 4.98 Å². The molecule has 0 radical (unpaired) electrons. The van der Waals surface area contributed by atoms with Crippen LogP contribution in [0.25, 0.3) is 11.2 Å². The van der Waals surface area contributed by atoms with Crippen LogP contribution < -0.4 is 83.4 Å². The van der Waals surface area contributed by atoms with Crippen LogP contribution in [0.15, 0.2) is 88.8 Å². The highest BCUT2D eigenvalue weighted by atomic mass is 33.1. The molecule has 121 heavy (non-hydrogen) atoms. The van der Waals surface area contributed by atoms with Gasteiger partial charge in [0.25, 0.3) is 23.3 Å². The van der Waals surface area contributed by atoms with E-state index in [0.29, 0.717) is 71.9 Å². The van der Waals surface area contributed by atoms with Gasteiger partial charge < -0.3 is 113 Å². The van der Waals surface area contributed by atoms with E-state index in [1.807, 2.05) is 5.32 Å². The van der Waals surface area contributed by atoms with Gasteiger partial charge in [0.2, 0.25) is 35.5 Å². The third-order valence-corrected chi connectivity index (χ3v) is 21.5. The molecule has 43 nitrogen and oxygen atoms in total. The third-order valence-electron chi connectivity index (χ3n) is 19.2. The Morgan fingerprint density at radius 2 is 1.26 bits per heavy atom. The van der Waals surface area contributed by atoms with Gasteiger partial charge in [0.15, 0.2) is 46.3 Å². The normalized spacial score (nSPS) is 16.6. The van der Waals surface area contributed by atoms with Crippen LogP contribution in [0.1, 0.15) is 121 Å². The van der Waals surface area contributed by atoms with Gasteiger partial charge in [-0.25, -0.2) is 24.5 Å². The molecule has 2 fully saturated rings. The number of anilines is 3. The molecule has 0 saturated carbocycles. The average molecular weight is 1720 g/mol. The van der Waals surface area contributed by atoms with Gasteiger partial charge in [-0.1, -0.05) is 45.9 Å². The number of nitrogens with zero attached hydrogens (tertiary/aromatic N) is 7.